The van der Waals surface area contributed by atoms with Gasteiger partial charge in [-0.3, -0.25) is 0 Å². The predicted octanol–water partition coefficient (Wildman–Crippen LogP) is 1.95. The van der Waals surface area contributed by atoms with Crippen LogP contribution < -0.4 is 10.5 Å². The van der Waals surface area contributed by atoms with E-state index in [9.17, 15) is 12.8 Å². The van der Waals surface area contributed by atoms with Crippen LogP contribution in [0.15, 0.2) is 40.6 Å². The number of thiophene rings is 1. The van der Waals surface area contributed by atoms with Crippen LogP contribution in [0, 0.1) is 5.82 Å². The molecule has 96 valence electrons. The van der Waals surface area contributed by atoms with Crippen LogP contribution in [-0.2, 0) is 16.6 Å². The van der Waals surface area contributed by atoms with Crippen LogP contribution >= 0.6 is 11.3 Å². The first-order valence-electron chi connectivity index (χ1n) is 5.06. The Morgan fingerprint density at radius 1 is 1.33 bits per heavy atom. The molecular weight excluding hydrogens is 275 g/mol. The van der Waals surface area contributed by atoms with Gasteiger partial charge in [-0.05, 0) is 29.6 Å². The van der Waals surface area contributed by atoms with Gasteiger partial charge in [0.2, 0.25) is 10.0 Å². The Balaban J connectivity index is 2.17. The third-order valence-electron chi connectivity index (χ3n) is 2.30. The lowest BCUT2D eigenvalue weighted by molar-refractivity contribution is 0.578. The molecule has 2 rings (SSSR count). The van der Waals surface area contributed by atoms with E-state index in [1.54, 1.807) is 0 Å². The van der Waals surface area contributed by atoms with Gasteiger partial charge in [-0.25, -0.2) is 17.5 Å². The highest BCUT2D eigenvalue weighted by Crippen LogP contribution is 2.17. The van der Waals surface area contributed by atoms with Crippen molar-refractivity contribution in [3.63, 3.8) is 0 Å². The van der Waals surface area contributed by atoms with E-state index in [4.69, 9.17) is 5.73 Å². The zero-order valence-corrected chi connectivity index (χ0v) is 10.9. The van der Waals surface area contributed by atoms with Crippen LogP contribution in [0.4, 0.5) is 10.1 Å². The van der Waals surface area contributed by atoms with Crippen LogP contribution in [0.5, 0.6) is 0 Å². The van der Waals surface area contributed by atoms with Crippen LogP contribution in [0.3, 0.4) is 0 Å². The molecule has 1 aromatic heterocycles. The molecule has 4 nitrogen and oxygen atoms in total. The maximum Gasteiger partial charge on any atom is 0.241 e. The summed E-state index contributed by atoms with van der Waals surface area (Å²) in [6.07, 6.45) is 0. The molecule has 0 aliphatic heterocycles. The minimum Gasteiger partial charge on any atom is -0.396 e. The lowest BCUT2D eigenvalue weighted by Gasteiger charge is -2.06. The molecule has 1 heterocycles. The Morgan fingerprint density at radius 3 is 2.72 bits per heavy atom. The molecule has 0 radical (unpaired) electrons. The van der Waals surface area contributed by atoms with Gasteiger partial charge < -0.3 is 5.73 Å². The molecular formula is C11H11FN2O2S2. The predicted molar refractivity (Wildman–Crippen MR) is 69.2 cm³/mol. The summed E-state index contributed by atoms with van der Waals surface area (Å²) in [5.41, 5.74) is 5.22. The number of nitrogen functional groups attached to an aromatic ring is 1. The number of halogens is 1. The molecule has 1 aromatic carbocycles. The molecule has 0 atom stereocenters. The number of rotatable bonds is 4. The second-order valence-electron chi connectivity index (χ2n) is 3.59. The third kappa shape index (κ3) is 2.87. The second kappa shape index (κ2) is 5.05. The van der Waals surface area contributed by atoms with E-state index >= 15 is 0 Å². The molecule has 0 aliphatic carbocycles. The van der Waals surface area contributed by atoms with Gasteiger partial charge in [0, 0.05) is 11.4 Å². The number of anilines is 1. The molecule has 0 bridgehead atoms. The highest BCUT2D eigenvalue weighted by atomic mass is 32.2. The quantitative estimate of drug-likeness (QED) is 0.844. The van der Waals surface area contributed by atoms with E-state index in [2.05, 4.69) is 4.72 Å². The molecule has 0 unspecified atom stereocenters. The normalized spacial score (nSPS) is 11.6. The molecule has 7 heteroatoms. The van der Waals surface area contributed by atoms with Crippen molar-refractivity contribution in [3.8, 4) is 0 Å². The first kappa shape index (κ1) is 13.0. The average molecular weight is 286 g/mol. The molecule has 18 heavy (non-hydrogen) atoms. The van der Waals surface area contributed by atoms with Crippen LogP contribution in [0.25, 0.3) is 0 Å². The lowest BCUT2D eigenvalue weighted by Crippen LogP contribution is -2.23. The van der Waals surface area contributed by atoms with E-state index in [0.717, 1.165) is 10.9 Å². The van der Waals surface area contributed by atoms with Crippen LogP contribution in [0.2, 0.25) is 0 Å². The summed E-state index contributed by atoms with van der Waals surface area (Å²) in [7, 11) is -3.71. The summed E-state index contributed by atoms with van der Waals surface area (Å²) < 4.78 is 39.4. The largest absolute Gasteiger partial charge is 0.396 e. The SMILES string of the molecule is Nc1ccc(S(=O)(=O)NCc2cccs2)cc1F. The highest BCUT2D eigenvalue weighted by molar-refractivity contribution is 7.89. The first-order chi connectivity index (χ1) is 8.49. The summed E-state index contributed by atoms with van der Waals surface area (Å²) in [6.45, 7) is 0.187. The van der Waals surface area contributed by atoms with Gasteiger partial charge in [0.05, 0.1) is 10.6 Å². The summed E-state index contributed by atoms with van der Waals surface area (Å²) >= 11 is 1.44. The molecule has 0 saturated heterocycles. The number of sulfonamides is 1. The number of nitrogens with one attached hydrogen (secondary N) is 1. The van der Waals surface area contributed by atoms with E-state index in [0.29, 0.717) is 0 Å². The Kier molecular flexibility index (Phi) is 3.65. The minimum absolute atomic E-state index is 0.0767. The monoisotopic (exact) mass is 286 g/mol. The van der Waals surface area contributed by atoms with E-state index in [-0.39, 0.29) is 17.1 Å². The Morgan fingerprint density at radius 2 is 2.11 bits per heavy atom. The van der Waals surface area contributed by atoms with Crippen molar-refractivity contribution in [2.45, 2.75) is 11.4 Å². The molecule has 3 N–H and O–H groups in total. The highest BCUT2D eigenvalue weighted by Gasteiger charge is 2.15. The third-order valence-corrected chi connectivity index (χ3v) is 4.57. The van der Waals surface area contributed by atoms with Gasteiger partial charge in [-0.15, -0.1) is 11.3 Å². The van der Waals surface area contributed by atoms with Crippen molar-refractivity contribution in [2.75, 3.05) is 5.73 Å². The van der Waals surface area contributed by atoms with Gasteiger partial charge in [-0.1, -0.05) is 6.07 Å². The summed E-state index contributed by atoms with van der Waals surface area (Å²) in [5.74, 6) is -0.742. The zero-order chi connectivity index (χ0) is 13.2. The molecule has 0 saturated carbocycles. The van der Waals surface area contributed by atoms with Crippen molar-refractivity contribution >= 4 is 27.0 Å². The number of benzene rings is 1. The van der Waals surface area contributed by atoms with Gasteiger partial charge in [-0.2, -0.15) is 0 Å². The lowest BCUT2D eigenvalue weighted by atomic mass is 10.3. The maximum absolute atomic E-state index is 13.2. The van der Waals surface area contributed by atoms with Crippen LogP contribution in [-0.4, -0.2) is 8.42 Å². The van der Waals surface area contributed by atoms with Crippen molar-refractivity contribution in [1.29, 1.82) is 0 Å². The first-order valence-corrected chi connectivity index (χ1v) is 7.42. The summed E-state index contributed by atoms with van der Waals surface area (Å²) in [4.78, 5) is 0.750. The smallest absolute Gasteiger partial charge is 0.241 e. The van der Waals surface area contributed by atoms with E-state index in [1.807, 2.05) is 17.5 Å². The van der Waals surface area contributed by atoms with Gasteiger partial charge >= 0.3 is 0 Å². The summed E-state index contributed by atoms with van der Waals surface area (Å²) in [5, 5.41) is 1.85. The van der Waals surface area contributed by atoms with E-state index in [1.165, 1.54) is 23.5 Å². The van der Waals surface area contributed by atoms with Crippen molar-refractivity contribution in [2.24, 2.45) is 0 Å². The standard InChI is InChI=1S/C11H11FN2O2S2/c12-10-6-9(3-4-11(10)13)18(15,16)14-7-8-2-1-5-17-8/h1-6,14H,7,13H2. The minimum atomic E-state index is -3.71. The van der Waals surface area contributed by atoms with Gasteiger partial charge in [0.15, 0.2) is 0 Å². The number of hydrogen-bond acceptors (Lipinski definition) is 4. The molecule has 2 aromatic rings. The summed E-state index contributed by atoms with van der Waals surface area (Å²) in [6, 6.07) is 7.06. The Bertz CT molecular complexity index is 639. The fourth-order valence-electron chi connectivity index (χ4n) is 1.34. The fourth-order valence-corrected chi connectivity index (χ4v) is 3.09. The van der Waals surface area contributed by atoms with Gasteiger partial charge in [0.25, 0.3) is 0 Å². The van der Waals surface area contributed by atoms with Crippen molar-refractivity contribution < 1.29 is 12.8 Å². The molecule has 0 amide bonds. The Labute approximate surface area is 108 Å². The second-order valence-corrected chi connectivity index (χ2v) is 6.39. The Hall–Kier alpha value is -1.44. The number of hydrogen-bond donors (Lipinski definition) is 2. The van der Waals surface area contributed by atoms with Crippen LogP contribution in [0.1, 0.15) is 4.88 Å². The molecule has 0 fully saturated rings. The zero-order valence-electron chi connectivity index (χ0n) is 9.26. The van der Waals surface area contributed by atoms with Crippen molar-refractivity contribution in [3.05, 3.63) is 46.4 Å². The average Bonchev–Trinajstić information content (AvgIpc) is 2.83. The fraction of sp³-hybridized carbons (Fsp3) is 0.0909. The van der Waals surface area contributed by atoms with Gasteiger partial charge in [0.1, 0.15) is 5.82 Å². The van der Waals surface area contributed by atoms with Crippen molar-refractivity contribution in [1.82, 2.24) is 4.72 Å². The molecule has 0 aliphatic rings. The molecule has 0 spiro atoms. The number of nitrogens with two attached hydrogens (primary N) is 1. The van der Waals surface area contributed by atoms with E-state index < -0.39 is 15.8 Å². The topological polar surface area (TPSA) is 72.2 Å². The maximum atomic E-state index is 13.2.